The van der Waals surface area contributed by atoms with Gasteiger partial charge in [0.05, 0.1) is 39.6 Å². The summed E-state index contributed by atoms with van der Waals surface area (Å²) in [4.78, 5) is 0. The van der Waals surface area contributed by atoms with Crippen LogP contribution in [0.4, 0.5) is 0 Å². The van der Waals surface area contributed by atoms with Crippen molar-refractivity contribution in [2.24, 2.45) is 0 Å². The highest BCUT2D eigenvalue weighted by Crippen LogP contribution is 2.35. The van der Waals surface area contributed by atoms with E-state index >= 15 is 0 Å². The zero-order valence-corrected chi connectivity index (χ0v) is 41.3. The van der Waals surface area contributed by atoms with E-state index in [9.17, 15) is 5.11 Å². The molecular formula is C43H76O25. The third kappa shape index (κ3) is 12.3. The molecule has 6 aliphatic heterocycles. The van der Waals surface area contributed by atoms with Gasteiger partial charge in [-0.25, -0.2) is 0 Å². The van der Waals surface area contributed by atoms with Gasteiger partial charge in [0.15, 0.2) is 37.7 Å². The third-order valence-electron chi connectivity index (χ3n) is 13.4. The number of aliphatic hydroxyl groups excluding tert-OH is 1. The average Bonchev–Trinajstić information content (AvgIpc) is 3.36. The molecule has 0 amide bonds. The lowest BCUT2D eigenvalue weighted by atomic mass is 10.0. The number of methoxy groups -OCH3 is 13. The molecule has 24 unspecified atom stereocenters. The van der Waals surface area contributed by atoms with E-state index in [4.69, 9.17) is 114 Å². The van der Waals surface area contributed by atoms with Crippen LogP contribution in [0.25, 0.3) is 0 Å². The van der Waals surface area contributed by atoms with E-state index in [-0.39, 0.29) is 45.7 Å². The lowest BCUT2D eigenvalue weighted by molar-refractivity contribution is -0.372. The smallest absolute Gasteiger partial charge is 0.187 e. The van der Waals surface area contributed by atoms with E-state index in [0.29, 0.717) is 0 Å². The van der Waals surface area contributed by atoms with E-state index in [0.717, 1.165) is 0 Å². The summed E-state index contributed by atoms with van der Waals surface area (Å²) in [7, 11) is 19.9. The minimum absolute atomic E-state index is 0.0113. The summed E-state index contributed by atoms with van der Waals surface area (Å²) in [5, 5.41) is 10.3. The predicted octanol–water partition coefficient (Wildman–Crippen LogP) is -1.76. The Morgan fingerprint density at radius 1 is 0.235 bits per heavy atom. The molecule has 6 saturated heterocycles. The molecule has 0 saturated carbocycles. The summed E-state index contributed by atoms with van der Waals surface area (Å²) >= 11 is 0. The minimum atomic E-state index is -1.19. The fourth-order valence-corrected chi connectivity index (χ4v) is 9.91. The van der Waals surface area contributed by atoms with Crippen LogP contribution in [-0.2, 0) is 114 Å². The van der Waals surface area contributed by atoms with Crippen molar-refractivity contribution >= 4 is 0 Å². The molecule has 0 aromatic carbocycles. The van der Waals surface area contributed by atoms with Crippen molar-refractivity contribution in [2.45, 2.75) is 148 Å². The van der Waals surface area contributed by atoms with Gasteiger partial charge in [-0.1, -0.05) is 0 Å². The fourth-order valence-electron chi connectivity index (χ4n) is 9.91. The highest BCUT2D eigenvalue weighted by Gasteiger charge is 2.54. The monoisotopic (exact) mass is 992 g/mol. The van der Waals surface area contributed by atoms with E-state index < -0.39 is 142 Å². The molecular weight excluding hydrogens is 916 g/mol. The molecule has 68 heavy (non-hydrogen) atoms. The lowest BCUT2D eigenvalue weighted by Crippen LogP contribution is -2.64. The summed E-state index contributed by atoms with van der Waals surface area (Å²) in [6.45, 7) is 0.378. The Bertz CT molecular complexity index is 1430. The number of hydrogen-bond acceptors (Lipinski definition) is 25. The van der Waals surface area contributed by atoms with Crippen molar-refractivity contribution in [1.82, 2.24) is 0 Å². The van der Waals surface area contributed by atoms with Crippen LogP contribution in [-0.4, -0.2) is 285 Å². The standard InChI is InChI=1S/C43H76O25/c1-45-20-14-59-39(33(53-9)26(20)46-2)65-22-16-61-41(35(55-11)28(22)48-4)67-24-18-63-43(37(57-13)30(24)50-6)68-25-19-62-42(36(56-12)31(25)51-7)66-23-17-60-40(34(54-10)29(23)49-5)64-21-15-58-38(44)32(52-8)27(21)47-3/h20-44H,14-19H2,1-13H3. The second kappa shape index (κ2) is 27.3. The van der Waals surface area contributed by atoms with Crippen LogP contribution in [0.3, 0.4) is 0 Å². The number of aliphatic hydroxyl groups is 1. The Morgan fingerprint density at radius 3 is 0.647 bits per heavy atom. The maximum absolute atomic E-state index is 10.3. The first-order chi connectivity index (χ1) is 33.1. The van der Waals surface area contributed by atoms with E-state index in [1.54, 1.807) is 35.5 Å². The molecule has 6 aliphatic rings. The molecule has 6 fully saturated rings. The second-order valence-electron chi connectivity index (χ2n) is 16.8. The van der Waals surface area contributed by atoms with Crippen LogP contribution in [0.15, 0.2) is 0 Å². The average molecular weight is 993 g/mol. The zero-order valence-electron chi connectivity index (χ0n) is 41.3. The van der Waals surface area contributed by atoms with Gasteiger partial charge in [0, 0.05) is 92.4 Å². The van der Waals surface area contributed by atoms with Crippen molar-refractivity contribution in [1.29, 1.82) is 0 Å². The highest BCUT2D eigenvalue weighted by atomic mass is 16.8. The Morgan fingerprint density at radius 2 is 0.426 bits per heavy atom. The highest BCUT2D eigenvalue weighted by molar-refractivity contribution is 4.96. The zero-order chi connectivity index (χ0) is 49.1. The van der Waals surface area contributed by atoms with Gasteiger partial charge in [-0.3, -0.25) is 0 Å². The van der Waals surface area contributed by atoms with Crippen LogP contribution < -0.4 is 0 Å². The van der Waals surface area contributed by atoms with Crippen LogP contribution in [0.2, 0.25) is 0 Å². The van der Waals surface area contributed by atoms with Crippen molar-refractivity contribution in [3.8, 4) is 0 Å². The normalized spacial score (nSPS) is 46.1. The van der Waals surface area contributed by atoms with Gasteiger partial charge in [0.1, 0.15) is 110 Å². The molecule has 25 heteroatoms. The first-order valence-corrected chi connectivity index (χ1v) is 22.6. The van der Waals surface area contributed by atoms with Crippen LogP contribution >= 0.6 is 0 Å². The molecule has 0 aliphatic carbocycles. The van der Waals surface area contributed by atoms with Gasteiger partial charge in [0.2, 0.25) is 0 Å². The lowest BCUT2D eigenvalue weighted by Gasteiger charge is -2.48. The SMILES string of the molecule is COC1COC(OC2COC(OC3COC(OC4COC(OC5COC(OC6COC(O)C(OC)C6OC)C(OC)C5OC)C(OC)C4OC)C(OC)C3OC)C(OC)C2OC)C(OC)C1OC. The van der Waals surface area contributed by atoms with E-state index in [1.165, 1.54) is 56.9 Å². The summed E-state index contributed by atoms with van der Waals surface area (Å²) in [6, 6.07) is 0. The second-order valence-corrected chi connectivity index (χ2v) is 16.8. The van der Waals surface area contributed by atoms with Gasteiger partial charge in [-0.05, 0) is 0 Å². The molecule has 0 spiro atoms. The maximum atomic E-state index is 10.3. The van der Waals surface area contributed by atoms with Gasteiger partial charge < -0.3 is 119 Å². The third-order valence-corrected chi connectivity index (χ3v) is 13.4. The molecule has 0 radical (unpaired) electrons. The maximum Gasteiger partial charge on any atom is 0.187 e. The molecule has 0 aromatic rings. The summed E-state index contributed by atoms with van der Waals surface area (Å²) in [5.74, 6) is 0. The van der Waals surface area contributed by atoms with E-state index in [2.05, 4.69) is 0 Å². The van der Waals surface area contributed by atoms with Crippen LogP contribution in [0.1, 0.15) is 0 Å². The predicted molar refractivity (Wildman–Crippen MR) is 225 cm³/mol. The summed E-state index contributed by atoms with van der Waals surface area (Å²) in [6.07, 6.45) is -17.9. The fraction of sp³-hybridized carbons (Fsp3) is 1.00. The first-order valence-electron chi connectivity index (χ1n) is 22.6. The molecule has 1 N–H and O–H groups in total. The van der Waals surface area contributed by atoms with Gasteiger partial charge in [-0.2, -0.15) is 0 Å². The molecule has 6 rings (SSSR count). The van der Waals surface area contributed by atoms with Crippen molar-refractivity contribution in [2.75, 3.05) is 132 Å². The minimum Gasteiger partial charge on any atom is -0.376 e. The molecule has 24 atom stereocenters. The summed E-state index contributed by atoms with van der Waals surface area (Å²) in [5.41, 5.74) is 0. The van der Waals surface area contributed by atoms with Crippen LogP contribution in [0.5, 0.6) is 0 Å². The Balaban J connectivity index is 1.05. The van der Waals surface area contributed by atoms with Gasteiger partial charge in [0.25, 0.3) is 0 Å². The van der Waals surface area contributed by atoms with Crippen molar-refractivity contribution in [3.63, 3.8) is 0 Å². The van der Waals surface area contributed by atoms with E-state index in [1.807, 2.05) is 0 Å². The first kappa shape index (κ1) is 56.3. The van der Waals surface area contributed by atoms with Crippen molar-refractivity contribution < 1.29 is 119 Å². The Kier molecular flexibility index (Phi) is 22.6. The number of hydrogen-bond donors (Lipinski definition) is 1. The topological polar surface area (TPSA) is 242 Å². The van der Waals surface area contributed by atoms with Crippen LogP contribution in [0, 0.1) is 0 Å². The van der Waals surface area contributed by atoms with Gasteiger partial charge in [-0.15, -0.1) is 0 Å². The Hall–Kier alpha value is -1.00. The van der Waals surface area contributed by atoms with Gasteiger partial charge >= 0.3 is 0 Å². The summed E-state index contributed by atoms with van der Waals surface area (Å²) < 4.78 is 144. The number of ether oxygens (including phenoxy) is 24. The molecule has 6 heterocycles. The molecule has 398 valence electrons. The molecule has 0 aromatic heterocycles. The molecule has 25 nitrogen and oxygen atoms in total. The quantitative estimate of drug-likeness (QED) is 0.119. The van der Waals surface area contributed by atoms with Crippen molar-refractivity contribution in [3.05, 3.63) is 0 Å². The Labute approximate surface area is 398 Å². The number of rotatable bonds is 23. The largest absolute Gasteiger partial charge is 0.376 e. The molecule has 0 bridgehead atoms.